The Hall–Kier alpha value is -3.26. The van der Waals surface area contributed by atoms with Crippen molar-refractivity contribution in [2.45, 2.75) is 490 Å². The van der Waals surface area contributed by atoms with Crippen LogP contribution in [0.2, 0.25) is 0 Å². The van der Waals surface area contributed by atoms with Crippen LogP contribution in [-0.4, -0.2) is 123 Å². The van der Waals surface area contributed by atoms with Gasteiger partial charge in [0.2, 0.25) is 11.8 Å². The minimum atomic E-state index is -0.118. The van der Waals surface area contributed by atoms with Crippen LogP contribution in [-0.2, 0) is 47.7 Å². The smallest absolute Gasteiger partial charge is 0.306 e. The number of esters is 4. The van der Waals surface area contributed by atoms with E-state index in [-0.39, 0.29) is 60.7 Å². The molecule has 2 N–H and O–H groups in total. The molecule has 0 aliphatic rings. The van der Waals surface area contributed by atoms with Crippen molar-refractivity contribution in [3.05, 3.63) is 0 Å². The Labute approximate surface area is 656 Å². The fourth-order valence-corrected chi connectivity index (χ4v) is 14.6. The van der Waals surface area contributed by atoms with Gasteiger partial charge in [-0.3, -0.25) is 28.8 Å². The molecule has 0 bridgehead atoms. The zero-order valence-electron chi connectivity index (χ0n) is 71.3. The molecule has 0 aromatic rings. The SMILES string of the molecule is CCCCCCCCCCCOC(=O)CCCCCN(CCCCCCCC(=O)OC(CCCCCCCC)CCCCCCCC)CCNC(=O)CCC(=O)NCCN(CCCCCCCC(=O)OC(CCCCCCCC)CCCCCCCC)CCCCCC(=O)OCCCCCCCCCCC. The van der Waals surface area contributed by atoms with Crippen LogP contribution in [0.15, 0.2) is 0 Å². The number of ether oxygens (including phenoxy) is 4. The lowest BCUT2D eigenvalue weighted by Gasteiger charge is -2.23. The van der Waals surface area contributed by atoms with Crippen molar-refractivity contribution in [1.82, 2.24) is 20.4 Å². The number of nitrogens with one attached hydrogen (secondary N) is 2. The zero-order chi connectivity index (χ0) is 77.2. The Kier molecular flexibility index (Phi) is 81.6. The van der Waals surface area contributed by atoms with Gasteiger partial charge in [-0.15, -0.1) is 0 Å². The second-order valence-corrected chi connectivity index (χ2v) is 32.1. The summed E-state index contributed by atoms with van der Waals surface area (Å²) < 4.78 is 23.5. The Bertz CT molecular complexity index is 1740. The predicted octanol–water partition coefficient (Wildman–Crippen LogP) is 25.4. The molecule has 0 saturated heterocycles. The summed E-state index contributed by atoms with van der Waals surface area (Å²) >= 11 is 0. The number of carbonyl (C=O) groups is 6. The second-order valence-electron chi connectivity index (χ2n) is 32.1. The number of rotatable bonds is 87. The van der Waals surface area contributed by atoms with Gasteiger partial charge in [0.1, 0.15) is 12.2 Å². The summed E-state index contributed by atoms with van der Waals surface area (Å²) in [5.74, 6) is -0.468. The summed E-state index contributed by atoms with van der Waals surface area (Å²) in [6.45, 7) is 20.6. The molecule has 0 saturated carbocycles. The zero-order valence-corrected chi connectivity index (χ0v) is 71.3. The Morgan fingerprint density at radius 2 is 0.434 bits per heavy atom. The molecule has 626 valence electrons. The first-order valence-corrected chi connectivity index (χ1v) is 46.7. The van der Waals surface area contributed by atoms with Crippen molar-refractivity contribution in [3.63, 3.8) is 0 Å². The molecular formula is C92H178N4O10. The number of unbranched alkanes of at least 4 members (excludes halogenated alkanes) is 48. The van der Waals surface area contributed by atoms with Gasteiger partial charge in [0.05, 0.1) is 13.2 Å². The standard InChI is InChI=1S/C92H178N4O10/c1-7-13-19-25-31-33-35-47-63-83-103-89(99)69-57-49-61-79-95(77-59-45-37-43-55-71-91(101)105-85(65-51-39-27-21-15-9-3)66-52-40-28-22-16-10-4)81-75-93-87(97)73-74-88(98)94-76-82-96(80-62-50-58-70-90(100)104-84-64-48-36-34-32-26-20-14-8-2)78-60-46-38-44-56-72-92(102)106-86(67-53-41-29-23-17-11-5)68-54-42-30-24-18-12-6/h85-86H,7-84H2,1-6H3,(H,93,97)(H,94,98). The lowest BCUT2D eigenvalue weighted by Crippen LogP contribution is -2.37. The van der Waals surface area contributed by atoms with Gasteiger partial charge < -0.3 is 39.4 Å². The van der Waals surface area contributed by atoms with E-state index in [4.69, 9.17) is 18.9 Å². The lowest BCUT2D eigenvalue weighted by atomic mass is 10.0. The molecule has 0 fully saturated rings. The summed E-state index contributed by atoms with van der Waals surface area (Å²) in [6.07, 6.45) is 74.1. The summed E-state index contributed by atoms with van der Waals surface area (Å²) in [5, 5.41) is 6.22. The molecule has 0 radical (unpaired) electrons. The van der Waals surface area contributed by atoms with Gasteiger partial charge in [0, 0.05) is 64.7 Å². The van der Waals surface area contributed by atoms with Crippen molar-refractivity contribution in [1.29, 1.82) is 0 Å². The second kappa shape index (κ2) is 84.2. The Balaban J connectivity index is 5.37. The van der Waals surface area contributed by atoms with E-state index < -0.39 is 0 Å². The molecule has 0 aliphatic carbocycles. The first kappa shape index (κ1) is 103. The third-order valence-electron chi connectivity index (χ3n) is 21.6. The minimum Gasteiger partial charge on any atom is -0.466 e. The topological polar surface area (TPSA) is 170 Å². The number of nitrogens with zero attached hydrogens (tertiary/aromatic N) is 2. The van der Waals surface area contributed by atoms with Crippen LogP contribution >= 0.6 is 0 Å². The molecule has 106 heavy (non-hydrogen) atoms. The van der Waals surface area contributed by atoms with Crippen molar-refractivity contribution >= 4 is 35.7 Å². The maximum atomic E-state index is 13.2. The average molecular weight is 1500 g/mol. The largest absolute Gasteiger partial charge is 0.466 e. The maximum absolute atomic E-state index is 13.2. The van der Waals surface area contributed by atoms with Gasteiger partial charge in [0.25, 0.3) is 0 Å². The van der Waals surface area contributed by atoms with E-state index in [1.54, 1.807) is 0 Å². The monoisotopic (exact) mass is 1500 g/mol. The molecule has 14 nitrogen and oxygen atoms in total. The van der Waals surface area contributed by atoms with E-state index in [0.717, 1.165) is 219 Å². The van der Waals surface area contributed by atoms with Gasteiger partial charge in [0.15, 0.2) is 0 Å². The quantitative estimate of drug-likeness (QED) is 0.0336. The molecule has 0 unspecified atom stereocenters. The third kappa shape index (κ3) is 77.5. The molecule has 0 spiro atoms. The fourth-order valence-electron chi connectivity index (χ4n) is 14.6. The van der Waals surface area contributed by atoms with Gasteiger partial charge in [-0.1, -0.05) is 324 Å². The summed E-state index contributed by atoms with van der Waals surface area (Å²) in [6, 6.07) is 0. The van der Waals surface area contributed by atoms with Crippen LogP contribution in [0.4, 0.5) is 0 Å². The highest BCUT2D eigenvalue weighted by atomic mass is 16.6. The van der Waals surface area contributed by atoms with Crippen LogP contribution in [0.5, 0.6) is 0 Å². The summed E-state index contributed by atoms with van der Waals surface area (Å²) in [7, 11) is 0. The van der Waals surface area contributed by atoms with Crippen LogP contribution in [0, 0.1) is 0 Å². The number of amides is 2. The molecule has 0 rings (SSSR count). The highest BCUT2D eigenvalue weighted by molar-refractivity contribution is 5.83. The third-order valence-corrected chi connectivity index (χ3v) is 21.6. The molecule has 0 heterocycles. The van der Waals surface area contributed by atoms with Crippen molar-refractivity contribution in [2.24, 2.45) is 0 Å². The number of hydrogen-bond donors (Lipinski definition) is 2. The number of carbonyl (C=O) groups excluding carboxylic acids is 6. The van der Waals surface area contributed by atoms with E-state index in [1.165, 1.54) is 218 Å². The van der Waals surface area contributed by atoms with Crippen LogP contribution in [0.3, 0.4) is 0 Å². The highest BCUT2D eigenvalue weighted by Gasteiger charge is 2.18. The predicted molar refractivity (Wildman–Crippen MR) is 449 cm³/mol. The molecular weight excluding hydrogens is 1320 g/mol. The molecule has 2 amide bonds. The molecule has 0 aromatic carbocycles. The molecule has 0 atom stereocenters. The first-order chi connectivity index (χ1) is 52.0. The van der Waals surface area contributed by atoms with Crippen molar-refractivity contribution < 1.29 is 47.7 Å². The molecule has 0 aromatic heterocycles. The van der Waals surface area contributed by atoms with Crippen molar-refractivity contribution in [3.8, 4) is 0 Å². The Morgan fingerprint density at radius 3 is 0.698 bits per heavy atom. The van der Waals surface area contributed by atoms with Crippen molar-refractivity contribution in [2.75, 3.05) is 65.6 Å². The first-order valence-electron chi connectivity index (χ1n) is 46.7. The fraction of sp³-hybridized carbons (Fsp3) is 0.935. The van der Waals surface area contributed by atoms with Crippen LogP contribution < -0.4 is 10.6 Å². The van der Waals surface area contributed by atoms with E-state index in [2.05, 4.69) is 62.0 Å². The van der Waals surface area contributed by atoms with Gasteiger partial charge in [-0.05, 0) is 142 Å². The van der Waals surface area contributed by atoms with Gasteiger partial charge in [-0.25, -0.2) is 0 Å². The van der Waals surface area contributed by atoms with Gasteiger partial charge in [-0.2, -0.15) is 0 Å². The minimum absolute atomic E-state index is 0.0263. The summed E-state index contributed by atoms with van der Waals surface area (Å²) in [4.78, 5) is 82.7. The van der Waals surface area contributed by atoms with Crippen LogP contribution in [0.1, 0.15) is 478 Å². The van der Waals surface area contributed by atoms with E-state index in [0.29, 0.717) is 52.0 Å². The molecule has 0 aliphatic heterocycles. The Morgan fingerprint density at radius 1 is 0.226 bits per heavy atom. The van der Waals surface area contributed by atoms with Crippen LogP contribution in [0.25, 0.3) is 0 Å². The highest BCUT2D eigenvalue weighted by Crippen LogP contribution is 2.22. The normalized spacial score (nSPS) is 11.6. The summed E-state index contributed by atoms with van der Waals surface area (Å²) in [5.41, 5.74) is 0. The van der Waals surface area contributed by atoms with E-state index in [9.17, 15) is 28.8 Å². The van der Waals surface area contributed by atoms with Gasteiger partial charge >= 0.3 is 23.9 Å². The molecule has 14 heteroatoms. The average Bonchev–Trinajstić information content (AvgIpc) is 1.03. The van der Waals surface area contributed by atoms with E-state index >= 15 is 0 Å². The number of hydrogen-bond acceptors (Lipinski definition) is 12. The maximum Gasteiger partial charge on any atom is 0.306 e. The lowest BCUT2D eigenvalue weighted by molar-refractivity contribution is -0.151. The van der Waals surface area contributed by atoms with E-state index in [1.807, 2.05) is 0 Å².